The van der Waals surface area contributed by atoms with Crippen LogP contribution in [0.5, 0.6) is 0 Å². The zero-order valence-corrected chi connectivity index (χ0v) is 12.5. The maximum atomic E-state index is 13.4. The molecule has 20 heavy (non-hydrogen) atoms. The molecule has 1 atom stereocenters. The van der Waals surface area contributed by atoms with Crippen molar-refractivity contribution >= 4 is 11.6 Å². The van der Waals surface area contributed by atoms with Gasteiger partial charge in [0.25, 0.3) is 0 Å². The van der Waals surface area contributed by atoms with Crippen molar-refractivity contribution in [1.82, 2.24) is 5.32 Å². The summed E-state index contributed by atoms with van der Waals surface area (Å²) in [5, 5.41) is 4.21. The number of hydrogen-bond donors (Lipinski definition) is 1. The number of hydrogen-bond acceptors (Lipinski definition) is 1. The van der Waals surface area contributed by atoms with Crippen LogP contribution in [-0.2, 0) is 0 Å². The number of rotatable bonds is 5. The highest BCUT2D eigenvalue weighted by atomic mass is 35.5. The summed E-state index contributed by atoms with van der Waals surface area (Å²) in [6.45, 7) is 4.80. The normalized spacial score (nSPS) is 12.4. The smallest absolute Gasteiger partial charge is 0.126 e. The van der Waals surface area contributed by atoms with E-state index in [0.29, 0.717) is 10.6 Å². The van der Waals surface area contributed by atoms with E-state index in [1.807, 2.05) is 36.4 Å². The third kappa shape index (κ3) is 3.59. The molecule has 0 bridgehead atoms. The van der Waals surface area contributed by atoms with Crippen LogP contribution < -0.4 is 5.32 Å². The van der Waals surface area contributed by atoms with Gasteiger partial charge in [-0.05, 0) is 54.8 Å². The van der Waals surface area contributed by atoms with Crippen molar-refractivity contribution in [2.24, 2.45) is 0 Å². The minimum atomic E-state index is -0.172. The molecule has 2 aromatic rings. The van der Waals surface area contributed by atoms with E-state index in [0.717, 1.165) is 24.1 Å². The first-order valence-corrected chi connectivity index (χ1v) is 7.24. The van der Waals surface area contributed by atoms with Crippen molar-refractivity contribution < 1.29 is 4.39 Å². The van der Waals surface area contributed by atoms with Gasteiger partial charge in [0.2, 0.25) is 0 Å². The number of aryl methyl sites for hydroxylation is 1. The molecule has 0 saturated carbocycles. The summed E-state index contributed by atoms with van der Waals surface area (Å²) < 4.78 is 13.4. The second-order valence-electron chi connectivity index (χ2n) is 4.95. The molecule has 0 aliphatic carbocycles. The lowest BCUT2D eigenvalue weighted by molar-refractivity contribution is 0.590. The molecule has 0 fully saturated rings. The largest absolute Gasteiger partial charge is 0.306 e. The lowest BCUT2D eigenvalue weighted by atomic mass is 9.97. The van der Waals surface area contributed by atoms with E-state index in [-0.39, 0.29) is 11.9 Å². The van der Waals surface area contributed by atoms with Gasteiger partial charge >= 0.3 is 0 Å². The summed E-state index contributed by atoms with van der Waals surface area (Å²) in [7, 11) is 0. The Labute approximate surface area is 124 Å². The van der Waals surface area contributed by atoms with Gasteiger partial charge in [-0.25, -0.2) is 4.39 Å². The van der Waals surface area contributed by atoms with Crippen LogP contribution in [0.4, 0.5) is 4.39 Å². The van der Waals surface area contributed by atoms with Gasteiger partial charge in [0.1, 0.15) is 5.82 Å². The van der Waals surface area contributed by atoms with Crippen LogP contribution >= 0.6 is 11.6 Å². The highest BCUT2D eigenvalue weighted by Gasteiger charge is 2.14. The van der Waals surface area contributed by atoms with Crippen molar-refractivity contribution in [2.45, 2.75) is 26.3 Å². The zero-order chi connectivity index (χ0) is 14.5. The molecule has 0 aromatic heterocycles. The van der Waals surface area contributed by atoms with Crippen LogP contribution in [0.1, 0.15) is 36.1 Å². The van der Waals surface area contributed by atoms with Gasteiger partial charge in [-0.1, -0.05) is 42.8 Å². The molecular weight excluding hydrogens is 273 g/mol. The quantitative estimate of drug-likeness (QED) is 0.828. The van der Waals surface area contributed by atoms with E-state index >= 15 is 0 Å². The molecule has 0 aliphatic heterocycles. The van der Waals surface area contributed by atoms with Crippen molar-refractivity contribution in [1.29, 1.82) is 0 Å². The Balaban J connectivity index is 2.38. The number of nitrogens with one attached hydrogen (secondary N) is 1. The van der Waals surface area contributed by atoms with E-state index in [4.69, 9.17) is 11.6 Å². The van der Waals surface area contributed by atoms with Crippen LogP contribution in [0.2, 0.25) is 5.02 Å². The first-order valence-electron chi connectivity index (χ1n) is 6.86. The fourth-order valence-electron chi connectivity index (χ4n) is 2.25. The van der Waals surface area contributed by atoms with Crippen molar-refractivity contribution in [3.8, 4) is 0 Å². The van der Waals surface area contributed by atoms with Gasteiger partial charge in [-0.3, -0.25) is 0 Å². The summed E-state index contributed by atoms with van der Waals surface area (Å²) in [6.07, 6.45) is 1.04. The number of benzene rings is 2. The standard InChI is InChI=1S/C17H19ClFN/c1-3-9-20-17(13-5-4-6-15(18)11-13)14-7-8-16(19)12(2)10-14/h4-8,10-11,17,20H,3,9H2,1-2H3. The highest BCUT2D eigenvalue weighted by Crippen LogP contribution is 2.25. The van der Waals surface area contributed by atoms with Crippen molar-refractivity contribution in [3.63, 3.8) is 0 Å². The third-order valence-corrected chi connectivity index (χ3v) is 3.53. The van der Waals surface area contributed by atoms with E-state index in [9.17, 15) is 4.39 Å². The lowest BCUT2D eigenvalue weighted by Crippen LogP contribution is -2.23. The predicted molar refractivity (Wildman–Crippen MR) is 82.7 cm³/mol. The monoisotopic (exact) mass is 291 g/mol. The molecular formula is C17H19ClFN. The Bertz CT molecular complexity index is 583. The maximum absolute atomic E-state index is 13.4. The maximum Gasteiger partial charge on any atom is 0.126 e. The van der Waals surface area contributed by atoms with Gasteiger partial charge in [0.15, 0.2) is 0 Å². The third-order valence-electron chi connectivity index (χ3n) is 3.30. The molecule has 0 aliphatic rings. The van der Waals surface area contributed by atoms with Crippen molar-refractivity contribution in [2.75, 3.05) is 6.54 Å². The summed E-state index contributed by atoms with van der Waals surface area (Å²) >= 11 is 6.08. The van der Waals surface area contributed by atoms with Gasteiger partial charge < -0.3 is 5.32 Å². The minimum Gasteiger partial charge on any atom is -0.306 e. The Kier molecular flexibility index (Phi) is 5.16. The molecule has 0 spiro atoms. The first-order chi connectivity index (χ1) is 9.61. The first kappa shape index (κ1) is 15.0. The van der Waals surface area contributed by atoms with Gasteiger partial charge in [-0.15, -0.1) is 0 Å². The van der Waals surface area contributed by atoms with Crippen LogP contribution in [0.3, 0.4) is 0 Å². The second kappa shape index (κ2) is 6.87. The molecule has 0 radical (unpaired) electrons. The fourth-order valence-corrected chi connectivity index (χ4v) is 2.45. The Morgan fingerprint density at radius 2 is 1.90 bits per heavy atom. The van der Waals surface area contributed by atoms with E-state index in [1.165, 1.54) is 6.07 Å². The molecule has 2 rings (SSSR count). The van der Waals surface area contributed by atoms with Crippen LogP contribution in [0.15, 0.2) is 42.5 Å². The van der Waals surface area contributed by atoms with Crippen LogP contribution in [0.25, 0.3) is 0 Å². The zero-order valence-electron chi connectivity index (χ0n) is 11.8. The molecule has 3 heteroatoms. The molecule has 1 nitrogen and oxygen atoms in total. The SMILES string of the molecule is CCCNC(c1cccc(Cl)c1)c1ccc(F)c(C)c1. The van der Waals surface area contributed by atoms with Gasteiger partial charge in [-0.2, -0.15) is 0 Å². The summed E-state index contributed by atoms with van der Waals surface area (Å²) in [4.78, 5) is 0. The van der Waals surface area contributed by atoms with E-state index < -0.39 is 0 Å². The molecule has 2 aromatic carbocycles. The Morgan fingerprint density at radius 3 is 2.55 bits per heavy atom. The fraction of sp³-hybridized carbons (Fsp3) is 0.294. The molecule has 1 unspecified atom stereocenters. The van der Waals surface area contributed by atoms with Crippen molar-refractivity contribution in [3.05, 3.63) is 70.0 Å². The average molecular weight is 292 g/mol. The summed E-state index contributed by atoms with van der Waals surface area (Å²) in [5.41, 5.74) is 2.81. The molecule has 0 heterocycles. The topological polar surface area (TPSA) is 12.0 Å². The lowest BCUT2D eigenvalue weighted by Gasteiger charge is -2.20. The second-order valence-corrected chi connectivity index (χ2v) is 5.39. The number of halogens is 2. The van der Waals surface area contributed by atoms with Gasteiger partial charge in [0.05, 0.1) is 6.04 Å². The van der Waals surface area contributed by atoms with Gasteiger partial charge in [0, 0.05) is 5.02 Å². The predicted octanol–water partition coefficient (Wildman–Crippen LogP) is 4.88. The molecule has 0 saturated heterocycles. The Hall–Kier alpha value is -1.38. The molecule has 106 valence electrons. The minimum absolute atomic E-state index is 0.0351. The highest BCUT2D eigenvalue weighted by molar-refractivity contribution is 6.30. The van der Waals surface area contributed by atoms with Crippen LogP contribution in [-0.4, -0.2) is 6.54 Å². The van der Waals surface area contributed by atoms with Crippen LogP contribution in [0, 0.1) is 12.7 Å². The van der Waals surface area contributed by atoms with E-state index in [1.54, 1.807) is 6.92 Å². The average Bonchev–Trinajstić information content (AvgIpc) is 2.43. The van der Waals surface area contributed by atoms with E-state index in [2.05, 4.69) is 12.2 Å². The summed E-state index contributed by atoms with van der Waals surface area (Å²) in [6, 6.07) is 13.1. The summed E-state index contributed by atoms with van der Waals surface area (Å²) in [5.74, 6) is -0.172. The molecule has 0 amide bonds. The Morgan fingerprint density at radius 1 is 1.15 bits per heavy atom. The molecule has 1 N–H and O–H groups in total.